The van der Waals surface area contributed by atoms with E-state index in [2.05, 4.69) is 31.2 Å². The van der Waals surface area contributed by atoms with E-state index in [9.17, 15) is 8.78 Å². The Kier molecular flexibility index (Phi) is 5.66. The maximum absolute atomic E-state index is 14.3. The molecule has 134 valence electrons. The second-order valence-corrected chi connectivity index (χ2v) is 6.00. The molecule has 3 nitrogen and oxygen atoms in total. The minimum absolute atomic E-state index is 0.0562. The third-order valence-corrected chi connectivity index (χ3v) is 4.39. The lowest BCUT2D eigenvalue weighted by Gasteiger charge is -2.30. The van der Waals surface area contributed by atoms with Crippen molar-refractivity contribution in [1.29, 1.82) is 0 Å². The first kappa shape index (κ1) is 17.8. The van der Waals surface area contributed by atoms with Gasteiger partial charge in [0.25, 0.3) is 0 Å². The van der Waals surface area contributed by atoms with Gasteiger partial charge in [-0.25, -0.2) is 4.39 Å². The minimum atomic E-state index is -1.01. The summed E-state index contributed by atoms with van der Waals surface area (Å²) in [4.78, 5) is 0. The first-order chi connectivity index (χ1) is 12.1. The van der Waals surface area contributed by atoms with Gasteiger partial charge in [0.2, 0.25) is 5.82 Å². The highest BCUT2D eigenvalue weighted by Crippen LogP contribution is 2.34. The Morgan fingerprint density at radius 1 is 0.960 bits per heavy atom. The molecule has 25 heavy (non-hydrogen) atoms. The summed E-state index contributed by atoms with van der Waals surface area (Å²) in [6.07, 6.45) is 0.0825. The third-order valence-electron chi connectivity index (χ3n) is 4.39. The summed E-state index contributed by atoms with van der Waals surface area (Å²) in [5.41, 5.74) is 2.45. The van der Waals surface area contributed by atoms with Gasteiger partial charge in [-0.15, -0.1) is 0 Å². The van der Waals surface area contributed by atoms with Crippen LogP contribution in [-0.2, 0) is 15.9 Å². The molecule has 0 saturated carbocycles. The molecule has 0 aliphatic carbocycles. The topological polar surface area (TPSA) is 27.7 Å². The number of ether oxygens (including phenoxy) is 3. The molecule has 1 heterocycles. The molecule has 5 heteroatoms. The van der Waals surface area contributed by atoms with Crippen LogP contribution in [0, 0.1) is 11.6 Å². The molecule has 2 aromatic rings. The van der Waals surface area contributed by atoms with Crippen LogP contribution in [0.25, 0.3) is 0 Å². The van der Waals surface area contributed by atoms with E-state index in [0.29, 0.717) is 13.2 Å². The summed E-state index contributed by atoms with van der Waals surface area (Å²) in [5.74, 6) is -2.02. The molecule has 0 atom stereocenters. The van der Waals surface area contributed by atoms with Crippen LogP contribution in [0.2, 0.25) is 0 Å². The second-order valence-electron chi connectivity index (χ2n) is 6.00. The van der Waals surface area contributed by atoms with Gasteiger partial charge in [-0.1, -0.05) is 31.2 Å². The fourth-order valence-electron chi connectivity index (χ4n) is 2.90. The zero-order valence-corrected chi connectivity index (χ0v) is 14.4. The molecular formula is C20H22F2O3. The smallest absolute Gasteiger partial charge is 0.201 e. The zero-order valence-electron chi connectivity index (χ0n) is 14.4. The normalized spacial score (nSPS) is 20.5. The third kappa shape index (κ3) is 3.83. The molecule has 0 bridgehead atoms. The maximum atomic E-state index is 14.3. The Balaban J connectivity index is 1.68. The summed E-state index contributed by atoms with van der Waals surface area (Å²) in [7, 11) is 0. The van der Waals surface area contributed by atoms with E-state index in [0.717, 1.165) is 12.0 Å². The maximum Gasteiger partial charge on any atom is 0.201 e. The van der Waals surface area contributed by atoms with Crippen LogP contribution in [-0.4, -0.2) is 19.8 Å². The Bertz CT molecular complexity index is 708. The van der Waals surface area contributed by atoms with Crippen molar-refractivity contribution in [2.24, 2.45) is 0 Å². The molecule has 2 aromatic carbocycles. The second kappa shape index (κ2) is 7.93. The van der Waals surface area contributed by atoms with Gasteiger partial charge in [0.05, 0.1) is 19.8 Å². The highest BCUT2D eigenvalue weighted by atomic mass is 19.2. The highest BCUT2D eigenvalue weighted by Gasteiger charge is 2.28. The van der Waals surface area contributed by atoms with Crippen molar-refractivity contribution in [3.8, 4) is 5.75 Å². The van der Waals surface area contributed by atoms with E-state index in [1.165, 1.54) is 17.7 Å². The predicted octanol–water partition coefficient (Wildman–Crippen LogP) is 4.76. The molecule has 0 amide bonds. The Hall–Kier alpha value is -1.98. The van der Waals surface area contributed by atoms with E-state index < -0.39 is 17.9 Å². The predicted molar refractivity (Wildman–Crippen MR) is 90.7 cm³/mol. The Labute approximate surface area is 146 Å². The summed E-state index contributed by atoms with van der Waals surface area (Å²) < 4.78 is 44.6. The van der Waals surface area contributed by atoms with Crippen LogP contribution < -0.4 is 4.74 Å². The molecule has 0 radical (unpaired) electrons. The van der Waals surface area contributed by atoms with E-state index in [-0.39, 0.29) is 23.8 Å². The van der Waals surface area contributed by atoms with Crippen molar-refractivity contribution >= 4 is 0 Å². The van der Waals surface area contributed by atoms with Crippen molar-refractivity contribution in [3.05, 3.63) is 64.7 Å². The number of benzene rings is 2. The number of hydrogen-bond donors (Lipinski definition) is 0. The minimum Gasteiger partial charge on any atom is -0.491 e. The SMILES string of the molecule is CCOc1ccc(C2OCC(c3ccc(CC)cc3)CO2)c(F)c1F. The number of halogens is 2. The van der Waals surface area contributed by atoms with Crippen LogP contribution in [0.1, 0.15) is 42.7 Å². The van der Waals surface area contributed by atoms with Gasteiger partial charge >= 0.3 is 0 Å². The Morgan fingerprint density at radius 2 is 1.64 bits per heavy atom. The molecule has 0 unspecified atom stereocenters. The number of rotatable bonds is 5. The van der Waals surface area contributed by atoms with Gasteiger partial charge in [-0.05, 0) is 36.6 Å². The average molecular weight is 348 g/mol. The summed E-state index contributed by atoms with van der Waals surface area (Å²) in [6.45, 7) is 4.88. The van der Waals surface area contributed by atoms with Crippen LogP contribution in [0.15, 0.2) is 36.4 Å². The molecule has 3 rings (SSSR count). The van der Waals surface area contributed by atoms with E-state index in [4.69, 9.17) is 14.2 Å². The van der Waals surface area contributed by atoms with E-state index >= 15 is 0 Å². The molecule has 0 aromatic heterocycles. The fourth-order valence-corrected chi connectivity index (χ4v) is 2.90. The molecule has 1 fully saturated rings. The zero-order chi connectivity index (χ0) is 17.8. The van der Waals surface area contributed by atoms with Crippen molar-refractivity contribution in [3.63, 3.8) is 0 Å². The lowest BCUT2D eigenvalue weighted by atomic mass is 9.98. The van der Waals surface area contributed by atoms with Gasteiger partial charge in [0, 0.05) is 11.5 Å². The summed E-state index contributed by atoms with van der Waals surface area (Å²) in [6, 6.07) is 11.1. The van der Waals surface area contributed by atoms with Crippen molar-refractivity contribution < 1.29 is 23.0 Å². The molecule has 1 aliphatic heterocycles. The first-order valence-electron chi connectivity index (χ1n) is 8.56. The van der Waals surface area contributed by atoms with Gasteiger partial charge < -0.3 is 14.2 Å². The van der Waals surface area contributed by atoms with Crippen molar-refractivity contribution in [1.82, 2.24) is 0 Å². The summed E-state index contributed by atoms with van der Waals surface area (Å²) in [5, 5.41) is 0. The number of aryl methyl sites for hydroxylation is 1. The molecule has 1 aliphatic rings. The lowest BCUT2D eigenvalue weighted by Crippen LogP contribution is -2.26. The standard InChI is InChI=1S/C20H22F2O3/c1-3-13-5-7-14(8-6-13)15-11-24-20(25-12-15)16-9-10-17(23-4-2)19(22)18(16)21/h5-10,15,20H,3-4,11-12H2,1-2H3. The van der Waals surface area contributed by atoms with Gasteiger partial charge in [-0.3, -0.25) is 0 Å². The molecular weight excluding hydrogens is 326 g/mol. The largest absolute Gasteiger partial charge is 0.491 e. The Morgan fingerprint density at radius 3 is 2.24 bits per heavy atom. The quantitative estimate of drug-likeness (QED) is 0.780. The van der Waals surface area contributed by atoms with Crippen LogP contribution in [0.4, 0.5) is 8.78 Å². The first-order valence-corrected chi connectivity index (χ1v) is 8.56. The van der Waals surface area contributed by atoms with E-state index in [1.807, 2.05) is 0 Å². The average Bonchev–Trinajstić information content (AvgIpc) is 2.66. The molecule has 0 N–H and O–H groups in total. The molecule has 0 spiro atoms. The monoisotopic (exact) mass is 348 g/mol. The summed E-state index contributed by atoms with van der Waals surface area (Å²) >= 11 is 0. The van der Waals surface area contributed by atoms with Crippen LogP contribution in [0.5, 0.6) is 5.75 Å². The van der Waals surface area contributed by atoms with E-state index in [1.54, 1.807) is 6.92 Å². The van der Waals surface area contributed by atoms with Crippen LogP contribution >= 0.6 is 0 Å². The lowest BCUT2D eigenvalue weighted by molar-refractivity contribution is -0.193. The molecule has 1 saturated heterocycles. The van der Waals surface area contributed by atoms with Crippen molar-refractivity contribution in [2.75, 3.05) is 19.8 Å². The van der Waals surface area contributed by atoms with Crippen molar-refractivity contribution in [2.45, 2.75) is 32.5 Å². The van der Waals surface area contributed by atoms with Gasteiger partial charge in [0.15, 0.2) is 17.9 Å². The fraction of sp³-hybridized carbons (Fsp3) is 0.400. The van der Waals surface area contributed by atoms with Gasteiger partial charge in [0.1, 0.15) is 0 Å². The van der Waals surface area contributed by atoms with Gasteiger partial charge in [-0.2, -0.15) is 4.39 Å². The number of hydrogen-bond acceptors (Lipinski definition) is 3. The highest BCUT2D eigenvalue weighted by molar-refractivity contribution is 5.32. The van der Waals surface area contributed by atoms with Crippen LogP contribution in [0.3, 0.4) is 0 Å².